The fourth-order valence-electron chi connectivity index (χ4n) is 1.95. The summed E-state index contributed by atoms with van der Waals surface area (Å²) in [6.45, 7) is -0.235. The minimum atomic E-state index is -3.71. The van der Waals surface area contributed by atoms with Crippen molar-refractivity contribution in [2.75, 3.05) is 12.4 Å². The lowest BCUT2D eigenvalue weighted by molar-refractivity contribution is 0.0981. The second-order valence-electron chi connectivity index (χ2n) is 4.77. The normalized spacial score (nSPS) is 10.2. The van der Waals surface area contributed by atoms with E-state index >= 15 is 0 Å². The third-order valence-electron chi connectivity index (χ3n) is 3.07. The smallest absolute Gasteiger partial charge is 0.264 e. The third-order valence-corrected chi connectivity index (χ3v) is 4.40. The lowest BCUT2D eigenvalue weighted by Crippen LogP contribution is -2.32. The topological polar surface area (TPSA) is 83.5 Å². The fraction of sp³-hybridized carbons (Fsp3) is 0.188. The van der Waals surface area contributed by atoms with Crippen molar-refractivity contribution in [3.05, 3.63) is 60.2 Å². The first-order chi connectivity index (χ1) is 10.5. The summed E-state index contributed by atoms with van der Waals surface area (Å²) >= 11 is 0. The van der Waals surface area contributed by atoms with Crippen LogP contribution < -0.4 is 4.72 Å². The van der Waals surface area contributed by atoms with Gasteiger partial charge in [0.05, 0.1) is 5.75 Å². The standard InChI is InChI=1S/C16H17NO4S.2ClH/c18-11-4-12-22(20,21)17-16(19)15-9-7-14(8-10-15)13-5-2-1-3-6-13;;/h1-3,5-10,18H,4,11-12H2,(H,17,19);2*1H. The monoisotopic (exact) mass is 391 g/mol. The molecule has 2 aromatic rings. The van der Waals surface area contributed by atoms with Crippen LogP contribution in [0.1, 0.15) is 16.8 Å². The van der Waals surface area contributed by atoms with Gasteiger partial charge in [0.1, 0.15) is 0 Å². The van der Waals surface area contributed by atoms with Crippen molar-refractivity contribution >= 4 is 40.7 Å². The highest BCUT2D eigenvalue weighted by molar-refractivity contribution is 7.90. The minimum absolute atomic E-state index is 0. The Morgan fingerprint density at radius 2 is 1.46 bits per heavy atom. The maximum absolute atomic E-state index is 11.9. The van der Waals surface area contributed by atoms with Gasteiger partial charge in [-0.3, -0.25) is 4.79 Å². The van der Waals surface area contributed by atoms with Gasteiger partial charge in [-0.05, 0) is 29.7 Å². The largest absolute Gasteiger partial charge is 0.396 e. The molecular weight excluding hydrogens is 373 g/mol. The molecule has 0 unspecified atom stereocenters. The number of aliphatic hydroxyl groups is 1. The number of halogens is 2. The Balaban J connectivity index is 0.00000264. The second-order valence-corrected chi connectivity index (χ2v) is 6.61. The first kappa shape index (κ1) is 22.4. The molecule has 2 aromatic carbocycles. The van der Waals surface area contributed by atoms with Gasteiger partial charge in [-0.15, -0.1) is 24.8 Å². The Bertz CT molecular complexity index is 734. The van der Waals surface area contributed by atoms with E-state index in [4.69, 9.17) is 5.11 Å². The number of nitrogens with one attached hydrogen (secondary N) is 1. The van der Waals surface area contributed by atoms with Crippen molar-refractivity contribution in [2.45, 2.75) is 6.42 Å². The molecule has 0 heterocycles. The number of sulfonamides is 1. The maximum Gasteiger partial charge on any atom is 0.264 e. The molecule has 0 atom stereocenters. The zero-order valence-corrected chi connectivity index (χ0v) is 15.2. The van der Waals surface area contributed by atoms with Crippen LogP contribution in [0.3, 0.4) is 0 Å². The van der Waals surface area contributed by atoms with Gasteiger partial charge >= 0.3 is 0 Å². The van der Waals surface area contributed by atoms with Crippen LogP contribution in [0.25, 0.3) is 11.1 Å². The first-order valence-corrected chi connectivity index (χ1v) is 8.48. The summed E-state index contributed by atoms with van der Waals surface area (Å²) in [6, 6.07) is 16.4. The van der Waals surface area contributed by atoms with Crippen LogP contribution in [0.2, 0.25) is 0 Å². The summed E-state index contributed by atoms with van der Waals surface area (Å²) < 4.78 is 25.2. The van der Waals surface area contributed by atoms with Crippen molar-refractivity contribution in [2.24, 2.45) is 0 Å². The number of hydrogen-bond donors (Lipinski definition) is 2. The van der Waals surface area contributed by atoms with Crippen molar-refractivity contribution < 1.29 is 18.3 Å². The van der Waals surface area contributed by atoms with E-state index in [1.165, 1.54) is 0 Å². The quantitative estimate of drug-likeness (QED) is 0.792. The number of carbonyl (C=O) groups excluding carboxylic acids is 1. The summed E-state index contributed by atoms with van der Waals surface area (Å²) in [6.07, 6.45) is 0.0928. The van der Waals surface area contributed by atoms with E-state index in [1.54, 1.807) is 24.3 Å². The number of carbonyl (C=O) groups is 1. The molecule has 24 heavy (non-hydrogen) atoms. The molecule has 0 aliphatic carbocycles. The van der Waals surface area contributed by atoms with E-state index in [2.05, 4.69) is 0 Å². The number of rotatable bonds is 6. The van der Waals surface area contributed by atoms with Crippen molar-refractivity contribution in [1.29, 1.82) is 0 Å². The van der Waals surface area contributed by atoms with Gasteiger partial charge < -0.3 is 5.11 Å². The molecule has 0 bridgehead atoms. The highest BCUT2D eigenvalue weighted by Crippen LogP contribution is 2.19. The molecule has 0 aliphatic rings. The molecule has 0 spiro atoms. The molecule has 0 aliphatic heterocycles. The average Bonchev–Trinajstić information content (AvgIpc) is 2.53. The Labute approximate surface area is 154 Å². The molecule has 0 radical (unpaired) electrons. The molecule has 8 heteroatoms. The van der Waals surface area contributed by atoms with E-state index in [1.807, 2.05) is 35.1 Å². The molecule has 0 saturated heterocycles. The van der Waals surface area contributed by atoms with Crippen molar-refractivity contribution in [3.8, 4) is 11.1 Å². The van der Waals surface area contributed by atoms with Gasteiger partial charge in [-0.1, -0.05) is 42.5 Å². The Morgan fingerprint density at radius 3 is 2.00 bits per heavy atom. The SMILES string of the molecule is Cl.Cl.O=C(NS(=O)(=O)CCCO)c1ccc(-c2ccccc2)cc1. The third kappa shape index (κ3) is 6.49. The molecular formula is C16H19Cl2NO4S. The lowest BCUT2D eigenvalue weighted by Gasteiger charge is -2.07. The second kappa shape index (κ2) is 10.3. The zero-order chi connectivity index (χ0) is 16.0. The van der Waals surface area contributed by atoms with Gasteiger partial charge in [0, 0.05) is 12.2 Å². The van der Waals surface area contributed by atoms with Crippen LogP contribution >= 0.6 is 24.8 Å². The van der Waals surface area contributed by atoms with Crippen LogP contribution in [0.15, 0.2) is 54.6 Å². The van der Waals surface area contributed by atoms with Gasteiger partial charge in [-0.25, -0.2) is 13.1 Å². The van der Waals surface area contributed by atoms with Crippen LogP contribution in [0.5, 0.6) is 0 Å². The summed E-state index contributed by atoms with van der Waals surface area (Å²) in [5.74, 6) is -0.949. The van der Waals surface area contributed by atoms with Crippen LogP contribution in [0.4, 0.5) is 0 Å². The van der Waals surface area contributed by atoms with Crippen LogP contribution in [0, 0.1) is 0 Å². The van der Waals surface area contributed by atoms with Gasteiger partial charge in [0.15, 0.2) is 0 Å². The molecule has 0 saturated carbocycles. The first-order valence-electron chi connectivity index (χ1n) is 6.83. The summed E-state index contributed by atoms with van der Waals surface area (Å²) in [5, 5.41) is 8.64. The fourth-order valence-corrected chi connectivity index (χ4v) is 2.96. The summed E-state index contributed by atoms with van der Waals surface area (Å²) in [4.78, 5) is 11.9. The zero-order valence-electron chi connectivity index (χ0n) is 12.7. The van der Waals surface area contributed by atoms with Crippen molar-refractivity contribution in [3.63, 3.8) is 0 Å². The minimum Gasteiger partial charge on any atom is -0.396 e. The molecule has 2 N–H and O–H groups in total. The van der Waals surface area contributed by atoms with Gasteiger partial charge in [0.25, 0.3) is 5.91 Å². The van der Waals surface area contributed by atoms with E-state index in [0.717, 1.165) is 11.1 Å². The molecule has 0 aromatic heterocycles. The van der Waals surface area contributed by atoms with Gasteiger partial charge in [0.2, 0.25) is 10.0 Å². The predicted octanol–water partition coefficient (Wildman–Crippen LogP) is 2.64. The molecule has 5 nitrogen and oxygen atoms in total. The van der Waals surface area contributed by atoms with E-state index < -0.39 is 15.9 Å². The molecule has 2 rings (SSSR count). The summed E-state index contributed by atoms with van der Waals surface area (Å²) in [7, 11) is -3.71. The van der Waals surface area contributed by atoms with E-state index in [-0.39, 0.29) is 49.2 Å². The Hall–Kier alpha value is -1.60. The Kier molecular flexibility index (Phi) is 9.62. The summed E-state index contributed by atoms with van der Waals surface area (Å²) in [5.41, 5.74) is 2.23. The lowest BCUT2D eigenvalue weighted by atomic mass is 10.0. The number of amides is 1. The highest BCUT2D eigenvalue weighted by Gasteiger charge is 2.15. The molecule has 1 amide bonds. The molecule has 0 fully saturated rings. The number of hydrogen-bond acceptors (Lipinski definition) is 4. The van der Waals surface area contributed by atoms with E-state index in [9.17, 15) is 13.2 Å². The average molecular weight is 392 g/mol. The van der Waals surface area contributed by atoms with Crippen LogP contribution in [-0.4, -0.2) is 31.8 Å². The highest BCUT2D eigenvalue weighted by atomic mass is 35.5. The number of benzene rings is 2. The molecule has 132 valence electrons. The van der Waals surface area contributed by atoms with Gasteiger partial charge in [-0.2, -0.15) is 0 Å². The Morgan fingerprint density at radius 1 is 0.917 bits per heavy atom. The van der Waals surface area contributed by atoms with E-state index in [0.29, 0.717) is 0 Å². The predicted molar refractivity (Wildman–Crippen MR) is 99.3 cm³/mol. The van der Waals surface area contributed by atoms with Crippen LogP contribution in [-0.2, 0) is 10.0 Å². The van der Waals surface area contributed by atoms with Crippen molar-refractivity contribution in [1.82, 2.24) is 4.72 Å². The maximum atomic E-state index is 11.9. The number of aliphatic hydroxyl groups excluding tert-OH is 1.